The first kappa shape index (κ1) is 22.1. The Morgan fingerprint density at radius 2 is 1.65 bits per heavy atom. The van der Waals surface area contributed by atoms with Crippen LogP contribution in [-0.4, -0.2) is 40.7 Å². The predicted molar refractivity (Wildman–Crippen MR) is 101 cm³/mol. The monoisotopic (exact) mass is 403 g/mol. The molecular weight excluding hydrogens is 378 g/mol. The third-order valence-electron chi connectivity index (χ3n) is 3.76. The third kappa shape index (κ3) is 5.53. The largest absolute Gasteiger partial charge is 0.370 e. The molecule has 0 aromatic heterocycles. The number of amides is 1. The minimum atomic E-state index is -3.90. The molecule has 0 heterocycles. The number of guanidine groups is 1. The van der Waals surface area contributed by atoms with Crippen molar-refractivity contribution in [2.45, 2.75) is 49.3 Å². The first-order valence-corrected chi connectivity index (χ1v) is 11.7. The van der Waals surface area contributed by atoms with Gasteiger partial charge < -0.3 is 11.5 Å². The minimum Gasteiger partial charge on any atom is -0.370 e. The molecule has 26 heavy (non-hydrogen) atoms. The topological polar surface area (TPSA) is 150 Å². The Kier molecular flexibility index (Phi) is 7.34. The normalized spacial score (nSPS) is 12.0. The molecule has 0 bridgehead atoms. The van der Waals surface area contributed by atoms with E-state index in [9.17, 15) is 21.6 Å². The summed E-state index contributed by atoms with van der Waals surface area (Å²) in [6.07, 6.45) is 3.18. The lowest BCUT2D eigenvalue weighted by Gasteiger charge is -2.14. The van der Waals surface area contributed by atoms with Gasteiger partial charge in [0.05, 0.1) is 15.5 Å². The number of rotatable bonds is 8. The van der Waals surface area contributed by atoms with Crippen LogP contribution in [0.25, 0.3) is 0 Å². The number of hydrogen-bond acceptors (Lipinski definition) is 5. The van der Waals surface area contributed by atoms with Crippen molar-refractivity contribution in [2.75, 3.05) is 12.0 Å². The number of hydrogen-bond donors (Lipinski definition) is 2. The van der Waals surface area contributed by atoms with E-state index in [-0.39, 0.29) is 16.2 Å². The van der Waals surface area contributed by atoms with E-state index in [1.54, 1.807) is 6.92 Å². The van der Waals surface area contributed by atoms with Gasteiger partial charge in [-0.3, -0.25) is 4.79 Å². The Hall–Kier alpha value is -1.94. The Morgan fingerprint density at radius 3 is 2.12 bits per heavy atom. The van der Waals surface area contributed by atoms with Crippen LogP contribution in [0.3, 0.4) is 0 Å². The van der Waals surface area contributed by atoms with Crippen LogP contribution in [0.2, 0.25) is 0 Å². The Labute approximate surface area is 154 Å². The first-order valence-electron chi connectivity index (χ1n) is 8.17. The third-order valence-corrected chi connectivity index (χ3v) is 6.86. The van der Waals surface area contributed by atoms with Crippen molar-refractivity contribution in [3.05, 3.63) is 23.3 Å². The molecule has 0 spiro atoms. The van der Waals surface area contributed by atoms with Crippen LogP contribution in [0.5, 0.6) is 0 Å². The molecular formula is C16H25N3O5S2. The zero-order chi connectivity index (χ0) is 20.1. The second-order valence-electron chi connectivity index (χ2n) is 5.95. The average Bonchev–Trinajstić information content (AvgIpc) is 2.52. The van der Waals surface area contributed by atoms with Crippen molar-refractivity contribution >= 4 is 31.5 Å². The number of carbonyl (C=O) groups is 1. The molecule has 1 rings (SSSR count). The number of carbonyl (C=O) groups excluding carboxylic acids is 1. The van der Waals surface area contributed by atoms with Crippen LogP contribution in [0, 0.1) is 0 Å². The van der Waals surface area contributed by atoms with Crippen LogP contribution in [0.15, 0.2) is 26.9 Å². The van der Waals surface area contributed by atoms with E-state index in [0.29, 0.717) is 18.4 Å². The molecule has 0 atom stereocenters. The summed E-state index contributed by atoms with van der Waals surface area (Å²) in [4.78, 5) is 14.9. The SMILES string of the molecule is CCCCCS(=O)(=O)c1cc(CC)c(C(=O)N=C(N)N)cc1S(C)(=O)=O. The summed E-state index contributed by atoms with van der Waals surface area (Å²) in [5.41, 5.74) is 10.7. The van der Waals surface area contributed by atoms with Gasteiger partial charge >= 0.3 is 0 Å². The summed E-state index contributed by atoms with van der Waals surface area (Å²) in [6.45, 7) is 3.66. The van der Waals surface area contributed by atoms with Crippen LogP contribution in [0.4, 0.5) is 0 Å². The highest BCUT2D eigenvalue weighted by atomic mass is 32.2. The smallest absolute Gasteiger partial charge is 0.280 e. The lowest BCUT2D eigenvalue weighted by Crippen LogP contribution is -2.24. The van der Waals surface area contributed by atoms with Crippen LogP contribution < -0.4 is 11.5 Å². The number of unbranched alkanes of at least 4 members (excludes halogenated alkanes) is 2. The van der Waals surface area contributed by atoms with Crippen molar-refractivity contribution < 1.29 is 21.6 Å². The lowest BCUT2D eigenvalue weighted by atomic mass is 10.0. The molecule has 0 aliphatic carbocycles. The molecule has 0 radical (unpaired) electrons. The van der Waals surface area contributed by atoms with Gasteiger partial charge in [-0.05, 0) is 30.5 Å². The molecule has 0 unspecified atom stereocenters. The standard InChI is InChI=1S/C16H25N3O5S2/c1-4-6-7-8-26(23,24)14-9-11(5-2)12(15(20)19-16(17)18)10-13(14)25(3,21)22/h9-10H,4-8H2,1-3H3,(H4,17,18,19,20). The fourth-order valence-corrected chi connectivity index (χ4v) is 5.54. The molecule has 146 valence electrons. The summed E-state index contributed by atoms with van der Waals surface area (Å²) in [5.74, 6) is -1.44. The van der Waals surface area contributed by atoms with Crippen molar-refractivity contribution in [1.82, 2.24) is 0 Å². The van der Waals surface area contributed by atoms with Crippen LogP contribution in [-0.2, 0) is 26.1 Å². The molecule has 1 aromatic carbocycles. The number of benzene rings is 1. The summed E-state index contributed by atoms with van der Waals surface area (Å²) >= 11 is 0. The molecule has 10 heteroatoms. The minimum absolute atomic E-state index is 0.0335. The average molecular weight is 404 g/mol. The van der Waals surface area contributed by atoms with E-state index in [1.807, 2.05) is 6.92 Å². The molecule has 0 saturated heterocycles. The molecule has 0 saturated carbocycles. The highest BCUT2D eigenvalue weighted by Crippen LogP contribution is 2.28. The zero-order valence-corrected chi connectivity index (χ0v) is 16.8. The van der Waals surface area contributed by atoms with Gasteiger partial charge in [-0.15, -0.1) is 0 Å². The number of aliphatic imine (C=N–C) groups is 1. The van der Waals surface area contributed by atoms with E-state index < -0.39 is 36.4 Å². The first-order chi connectivity index (χ1) is 11.9. The van der Waals surface area contributed by atoms with E-state index in [4.69, 9.17) is 11.5 Å². The van der Waals surface area contributed by atoms with Crippen molar-refractivity contribution in [2.24, 2.45) is 16.5 Å². The van der Waals surface area contributed by atoms with Gasteiger partial charge in [0.15, 0.2) is 25.6 Å². The summed E-state index contributed by atoms with van der Waals surface area (Å²) < 4.78 is 49.7. The van der Waals surface area contributed by atoms with Crippen molar-refractivity contribution in [3.8, 4) is 0 Å². The number of aryl methyl sites for hydroxylation is 1. The van der Waals surface area contributed by atoms with E-state index in [0.717, 1.165) is 25.2 Å². The van der Waals surface area contributed by atoms with E-state index in [1.165, 1.54) is 6.07 Å². The lowest BCUT2D eigenvalue weighted by molar-refractivity contribution is 0.100. The summed E-state index contributed by atoms with van der Waals surface area (Å²) in [6, 6.07) is 2.29. The van der Waals surface area contributed by atoms with E-state index in [2.05, 4.69) is 4.99 Å². The maximum absolute atomic E-state index is 12.7. The number of sulfone groups is 2. The Bertz CT molecular complexity index is 915. The zero-order valence-electron chi connectivity index (χ0n) is 15.1. The van der Waals surface area contributed by atoms with Crippen molar-refractivity contribution in [3.63, 3.8) is 0 Å². The number of nitrogens with two attached hydrogens (primary N) is 2. The van der Waals surface area contributed by atoms with E-state index >= 15 is 0 Å². The molecule has 1 aromatic rings. The molecule has 0 aliphatic rings. The molecule has 0 fully saturated rings. The van der Waals surface area contributed by atoms with Gasteiger partial charge in [0, 0.05) is 11.8 Å². The molecule has 1 amide bonds. The fourth-order valence-electron chi connectivity index (χ4n) is 2.46. The van der Waals surface area contributed by atoms with Gasteiger partial charge in [0.2, 0.25) is 0 Å². The van der Waals surface area contributed by atoms with Gasteiger partial charge in [-0.25, -0.2) is 16.8 Å². The maximum atomic E-state index is 12.7. The molecule has 0 aliphatic heterocycles. The van der Waals surface area contributed by atoms with Crippen LogP contribution in [0.1, 0.15) is 49.0 Å². The Morgan fingerprint density at radius 1 is 1.04 bits per heavy atom. The van der Waals surface area contributed by atoms with Gasteiger partial charge in [0.1, 0.15) is 0 Å². The van der Waals surface area contributed by atoms with Gasteiger partial charge in [0.25, 0.3) is 5.91 Å². The highest BCUT2D eigenvalue weighted by Gasteiger charge is 2.27. The summed E-state index contributed by atoms with van der Waals surface area (Å²) in [7, 11) is -7.72. The molecule has 4 N–H and O–H groups in total. The van der Waals surface area contributed by atoms with Gasteiger partial charge in [-0.2, -0.15) is 4.99 Å². The van der Waals surface area contributed by atoms with Crippen LogP contribution >= 0.6 is 0 Å². The highest BCUT2D eigenvalue weighted by molar-refractivity contribution is 7.94. The predicted octanol–water partition coefficient (Wildman–Crippen LogP) is 1.03. The number of nitrogens with zero attached hydrogens (tertiary/aromatic N) is 1. The van der Waals surface area contributed by atoms with Crippen molar-refractivity contribution in [1.29, 1.82) is 0 Å². The molecule has 8 nitrogen and oxygen atoms in total. The quantitative estimate of drug-likeness (QED) is 0.374. The second kappa shape index (κ2) is 8.63. The van der Waals surface area contributed by atoms with Gasteiger partial charge in [-0.1, -0.05) is 26.7 Å². The summed E-state index contributed by atoms with van der Waals surface area (Å²) in [5, 5.41) is 0. The second-order valence-corrected chi connectivity index (χ2v) is 10.0. The fraction of sp³-hybridized carbons (Fsp3) is 0.500. The Balaban J connectivity index is 3.67. The maximum Gasteiger partial charge on any atom is 0.280 e.